The molecule has 0 aliphatic carbocycles. The van der Waals surface area contributed by atoms with Crippen LogP contribution in [-0.2, 0) is 4.79 Å². The second kappa shape index (κ2) is 3.63. The minimum Gasteiger partial charge on any atom is -0.357 e. The largest absolute Gasteiger partial charge is 0.357 e. The van der Waals surface area contributed by atoms with Crippen molar-refractivity contribution in [2.45, 2.75) is 32.0 Å². The summed E-state index contributed by atoms with van der Waals surface area (Å²) >= 11 is 0. The van der Waals surface area contributed by atoms with Crippen molar-refractivity contribution in [2.75, 3.05) is 16.0 Å². The van der Waals surface area contributed by atoms with Crippen LogP contribution < -0.4 is 16.0 Å². The van der Waals surface area contributed by atoms with Crippen LogP contribution in [0.1, 0.15) is 31.2 Å². The number of fused-ring (bicyclic) bond motifs is 2. The van der Waals surface area contributed by atoms with Crippen molar-refractivity contribution in [2.24, 2.45) is 0 Å². The molecule has 4 N–H and O–H groups in total. The van der Waals surface area contributed by atoms with Crippen LogP contribution in [0.25, 0.3) is 0 Å². The normalized spacial score (nSPS) is 24.7. The average molecular weight is 233 g/mol. The van der Waals surface area contributed by atoms with Crippen molar-refractivity contribution in [3.63, 3.8) is 0 Å². The molecular formula is C12H15N3O2. The molecule has 2 aliphatic heterocycles. The molecule has 0 radical (unpaired) electrons. The molecular weight excluding hydrogens is 218 g/mol. The number of carbonyl (C=O) groups excluding carboxylic acids is 1. The number of benzene rings is 1. The fraction of sp³-hybridized carbons (Fsp3) is 0.417. The zero-order chi connectivity index (χ0) is 12.0. The second-order valence-corrected chi connectivity index (χ2v) is 4.51. The monoisotopic (exact) mass is 233 g/mol. The number of aliphatic hydroxyl groups is 1. The van der Waals surface area contributed by atoms with Crippen molar-refractivity contribution in [1.82, 2.24) is 0 Å². The molecule has 17 heavy (non-hydrogen) atoms. The summed E-state index contributed by atoms with van der Waals surface area (Å²) in [7, 11) is 0. The van der Waals surface area contributed by atoms with Gasteiger partial charge in [-0.15, -0.1) is 0 Å². The molecule has 2 heterocycles. The number of hydrogen-bond donors (Lipinski definition) is 4. The quantitative estimate of drug-likeness (QED) is 0.626. The van der Waals surface area contributed by atoms with Crippen LogP contribution in [0, 0.1) is 0 Å². The van der Waals surface area contributed by atoms with Crippen LogP contribution in [0.2, 0.25) is 0 Å². The first-order valence-electron chi connectivity index (χ1n) is 5.89. The molecule has 0 fully saturated rings. The smallest absolute Gasteiger partial charge is 0.232 e. The number of rotatable bonds is 2. The number of amides is 1. The van der Waals surface area contributed by atoms with E-state index in [0.29, 0.717) is 0 Å². The maximum atomic E-state index is 11.8. The molecule has 0 saturated heterocycles. The molecule has 3 rings (SSSR count). The minimum atomic E-state index is -0.743. The summed E-state index contributed by atoms with van der Waals surface area (Å²) < 4.78 is 0. The first-order valence-corrected chi connectivity index (χ1v) is 5.89. The molecule has 5 heteroatoms. The third-order valence-electron chi connectivity index (χ3n) is 3.30. The summed E-state index contributed by atoms with van der Waals surface area (Å²) in [5.74, 6) is 0.0194. The average Bonchev–Trinajstić information content (AvgIpc) is 2.76. The molecule has 2 unspecified atom stereocenters. The highest BCUT2D eigenvalue weighted by molar-refractivity contribution is 6.04. The highest BCUT2D eigenvalue weighted by atomic mass is 16.3. The van der Waals surface area contributed by atoms with E-state index in [0.717, 1.165) is 35.5 Å². The van der Waals surface area contributed by atoms with Gasteiger partial charge in [0.2, 0.25) is 12.3 Å². The third-order valence-corrected chi connectivity index (χ3v) is 3.30. The van der Waals surface area contributed by atoms with Crippen molar-refractivity contribution in [3.05, 3.63) is 17.7 Å². The Morgan fingerprint density at radius 3 is 2.65 bits per heavy atom. The van der Waals surface area contributed by atoms with E-state index in [2.05, 4.69) is 22.9 Å². The minimum absolute atomic E-state index is 0.0557. The van der Waals surface area contributed by atoms with Gasteiger partial charge < -0.3 is 21.1 Å². The van der Waals surface area contributed by atoms with Crippen LogP contribution in [0.3, 0.4) is 0 Å². The molecule has 0 spiro atoms. The van der Waals surface area contributed by atoms with Gasteiger partial charge in [-0.1, -0.05) is 13.3 Å². The molecule has 5 nitrogen and oxygen atoms in total. The van der Waals surface area contributed by atoms with Gasteiger partial charge in [-0.2, -0.15) is 0 Å². The van der Waals surface area contributed by atoms with E-state index in [4.69, 9.17) is 0 Å². The Kier molecular flexibility index (Phi) is 2.22. The summed E-state index contributed by atoms with van der Waals surface area (Å²) in [6.07, 6.45) is 1.09. The first kappa shape index (κ1) is 10.4. The Hall–Kier alpha value is -1.75. The first-order chi connectivity index (χ1) is 8.19. The van der Waals surface area contributed by atoms with E-state index in [9.17, 15) is 9.90 Å². The molecule has 2 aliphatic rings. The molecule has 0 saturated carbocycles. The van der Waals surface area contributed by atoms with Gasteiger partial charge in [-0.3, -0.25) is 4.79 Å². The Balaban J connectivity index is 2.01. The lowest BCUT2D eigenvalue weighted by Gasteiger charge is -2.08. The number of aliphatic hydroxyl groups excluding tert-OH is 1. The van der Waals surface area contributed by atoms with Crippen LogP contribution in [-0.4, -0.2) is 17.4 Å². The van der Waals surface area contributed by atoms with Gasteiger partial charge in [0.05, 0.1) is 17.3 Å². The maximum absolute atomic E-state index is 11.8. The van der Waals surface area contributed by atoms with E-state index in [1.807, 2.05) is 12.1 Å². The molecule has 1 amide bonds. The predicted molar refractivity (Wildman–Crippen MR) is 66.0 cm³/mol. The summed E-state index contributed by atoms with van der Waals surface area (Å²) in [5.41, 5.74) is 3.57. The Morgan fingerprint density at radius 1 is 1.24 bits per heavy atom. The lowest BCUT2D eigenvalue weighted by molar-refractivity contribution is -0.117. The van der Waals surface area contributed by atoms with Gasteiger partial charge in [0.1, 0.15) is 0 Å². The fourth-order valence-corrected chi connectivity index (χ4v) is 2.52. The summed E-state index contributed by atoms with van der Waals surface area (Å²) in [6.45, 7) is 2.07. The summed E-state index contributed by atoms with van der Waals surface area (Å²) in [5, 5.41) is 18.1. The predicted octanol–water partition coefficient (Wildman–Crippen LogP) is 1.64. The Labute approximate surface area is 99.2 Å². The lowest BCUT2D eigenvalue weighted by atomic mass is 9.95. The molecule has 0 bridgehead atoms. The molecule has 90 valence electrons. The van der Waals surface area contributed by atoms with Crippen LogP contribution in [0.5, 0.6) is 0 Å². The van der Waals surface area contributed by atoms with Crippen LogP contribution >= 0.6 is 0 Å². The number of anilines is 3. The van der Waals surface area contributed by atoms with E-state index >= 15 is 0 Å². The van der Waals surface area contributed by atoms with E-state index in [1.54, 1.807) is 0 Å². The van der Waals surface area contributed by atoms with Gasteiger partial charge in [0.25, 0.3) is 0 Å². The van der Waals surface area contributed by atoms with Gasteiger partial charge in [-0.25, -0.2) is 0 Å². The number of nitrogens with one attached hydrogen (secondary N) is 3. The molecule has 2 atom stereocenters. The van der Waals surface area contributed by atoms with Crippen LogP contribution in [0.4, 0.5) is 17.1 Å². The summed E-state index contributed by atoms with van der Waals surface area (Å²) in [6, 6.07) is 3.83. The zero-order valence-corrected chi connectivity index (χ0v) is 9.58. The highest BCUT2D eigenvalue weighted by Crippen LogP contribution is 2.42. The topological polar surface area (TPSA) is 73.4 Å². The SMILES string of the molecule is CCCC1C(=O)Nc2cc3c(cc21)NC(O)N3. The molecule has 0 aromatic heterocycles. The van der Waals surface area contributed by atoms with E-state index in [1.165, 1.54) is 0 Å². The van der Waals surface area contributed by atoms with Crippen molar-refractivity contribution < 1.29 is 9.90 Å². The third kappa shape index (κ3) is 1.54. The second-order valence-electron chi connectivity index (χ2n) is 4.51. The van der Waals surface area contributed by atoms with Crippen molar-refractivity contribution in [3.8, 4) is 0 Å². The van der Waals surface area contributed by atoms with Crippen molar-refractivity contribution >= 4 is 23.0 Å². The Morgan fingerprint density at radius 2 is 1.94 bits per heavy atom. The standard InChI is InChI=1S/C12H15N3O2/c1-2-3-6-7-4-9-10(15-12(17)14-9)5-8(7)13-11(6)16/h4-6,12,14-15,17H,2-3H2,1H3,(H,13,16). The number of carbonyl (C=O) groups is 1. The van der Waals surface area contributed by atoms with Gasteiger partial charge in [0.15, 0.2) is 0 Å². The van der Waals surface area contributed by atoms with E-state index in [-0.39, 0.29) is 11.8 Å². The lowest BCUT2D eigenvalue weighted by Crippen LogP contribution is -2.20. The van der Waals surface area contributed by atoms with E-state index < -0.39 is 6.35 Å². The molecule has 1 aromatic rings. The zero-order valence-electron chi connectivity index (χ0n) is 9.58. The number of hydrogen-bond acceptors (Lipinski definition) is 4. The van der Waals surface area contributed by atoms with Gasteiger partial charge in [0, 0.05) is 5.69 Å². The van der Waals surface area contributed by atoms with Gasteiger partial charge >= 0.3 is 0 Å². The van der Waals surface area contributed by atoms with Crippen molar-refractivity contribution in [1.29, 1.82) is 0 Å². The molecule has 1 aromatic carbocycles. The summed E-state index contributed by atoms with van der Waals surface area (Å²) in [4.78, 5) is 11.8. The Bertz CT molecular complexity index is 487. The highest BCUT2D eigenvalue weighted by Gasteiger charge is 2.32. The maximum Gasteiger partial charge on any atom is 0.232 e. The fourth-order valence-electron chi connectivity index (χ4n) is 2.52. The van der Waals surface area contributed by atoms with Crippen LogP contribution in [0.15, 0.2) is 12.1 Å². The van der Waals surface area contributed by atoms with Gasteiger partial charge in [-0.05, 0) is 24.1 Å².